The van der Waals surface area contributed by atoms with Crippen LogP contribution in [0.3, 0.4) is 0 Å². The number of fused-ring (bicyclic) bond motifs is 1. The second-order valence-corrected chi connectivity index (χ2v) is 6.34. The molecule has 26 heavy (non-hydrogen) atoms. The predicted molar refractivity (Wildman–Crippen MR) is 102 cm³/mol. The minimum Gasteiger partial charge on any atom is -0.385 e. The Morgan fingerprint density at radius 2 is 2.15 bits per heavy atom. The van der Waals surface area contributed by atoms with E-state index in [0.717, 1.165) is 36.3 Å². The Labute approximate surface area is 153 Å². The van der Waals surface area contributed by atoms with E-state index >= 15 is 0 Å². The molecule has 1 aliphatic rings. The zero-order valence-corrected chi connectivity index (χ0v) is 15.1. The van der Waals surface area contributed by atoms with E-state index in [4.69, 9.17) is 4.74 Å². The van der Waals surface area contributed by atoms with Gasteiger partial charge < -0.3 is 15.5 Å². The number of benzene rings is 1. The molecule has 1 aromatic heterocycles. The molecule has 1 aliphatic heterocycles. The fourth-order valence-corrected chi connectivity index (χ4v) is 3.00. The van der Waals surface area contributed by atoms with Crippen molar-refractivity contribution in [3.05, 3.63) is 53.7 Å². The number of hydrogen-bond acceptors (Lipinski definition) is 5. The van der Waals surface area contributed by atoms with Crippen LogP contribution in [0.5, 0.6) is 0 Å². The SMILES string of the molecule is COCCCC1NNc2cc(NC(=O)N[C@H](C)c3ccccc3)ncc21. The van der Waals surface area contributed by atoms with Crippen LogP contribution in [0.2, 0.25) is 0 Å². The van der Waals surface area contributed by atoms with Crippen molar-refractivity contribution >= 4 is 17.5 Å². The maximum atomic E-state index is 12.2. The molecule has 2 amide bonds. The molecule has 0 spiro atoms. The molecule has 138 valence electrons. The lowest BCUT2D eigenvalue weighted by Gasteiger charge is -2.15. The van der Waals surface area contributed by atoms with Crippen molar-refractivity contribution < 1.29 is 9.53 Å². The fourth-order valence-electron chi connectivity index (χ4n) is 3.00. The van der Waals surface area contributed by atoms with E-state index in [2.05, 4.69) is 26.5 Å². The number of nitrogens with zero attached hydrogens (tertiary/aromatic N) is 1. The van der Waals surface area contributed by atoms with Crippen LogP contribution in [-0.2, 0) is 4.74 Å². The summed E-state index contributed by atoms with van der Waals surface area (Å²) in [6.45, 7) is 2.68. The number of urea groups is 1. The Bertz CT molecular complexity index is 738. The topological polar surface area (TPSA) is 87.3 Å². The molecule has 7 heteroatoms. The minimum atomic E-state index is -0.281. The molecule has 7 nitrogen and oxygen atoms in total. The van der Waals surface area contributed by atoms with Crippen LogP contribution < -0.4 is 21.5 Å². The Morgan fingerprint density at radius 3 is 2.92 bits per heavy atom. The predicted octanol–water partition coefficient (Wildman–Crippen LogP) is 3.36. The number of aromatic nitrogens is 1. The molecule has 3 rings (SSSR count). The molecule has 4 N–H and O–H groups in total. The van der Waals surface area contributed by atoms with E-state index in [1.165, 1.54) is 0 Å². The van der Waals surface area contributed by atoms with Crippen molar-refractivity contribution in [2.45, 2.75) is 31.8 Å². The summed E-state index contributed by atoms with van der Waals surface area (Å²) < 4.78 is 5.10. The zero-order chi connectivity index (χ0) is 18.4. The van der Waals surface area contributed by atoms with E-state index in [0.29, 0.717) is 5.82 Å². The third-order valence-corrected chi connectivity index (χ3v) is 4.42. The average Bonchev–Trinajstić information content (AvgIpc) is 3.05. The van der Waals surface area contributed by atoms with Crippen molar-refractivity contribution in [2.24, 2.45) is 0 Å². The average molecular weight is 355 g/mol. The van der Waals surface area contributed by atoms with E-state index in [-0.39, 0.29) is 18.1 Å². The van der Waals surface area contributed by atoms with Crippen LogP contribution in [0.1, 0.15) is 43.0 Å². The summed E-state index contributed by atoms with van der Waals surface area (Å²) >= 11 is 0. The van der Waals surface area contributed by atoms with Crippen molar-refractivity contribution in [1.29, 1.82) is 0 Å². The Morgan fingerprint density at radius 1 is 1.35 bits per heavy atom. The molecule has 0 aliphatic carbocycles. The van der Waals surface area contributed by atoms with Crippen LogP contribution in [0.15, 0.2) is 42.6 Å². The number of anilines is 2. The zero-order valence-electron chi connectivity index (χ0n) is 15.1. The molecule has 1 aromatic carbocycles. The highest BCUT2D eigenvalue weighted by Gasteiger charge is 2.22. The quantitative estimate of drug-likeness (QED) is 0.572. The van der Waals surface area contributed by atoms with Gasteiger partial charge in [0.25, 0.3) is 0 Å². The minimum absolute atomic E-state index is 0.0874. The van der Waals surface area contributed by atoms with Gasteiger partial charge >= 0.3 is 6.03 Å². The first-order valence-corrected chi connectivity index (χ1v) is 8.80. The maximum absolute atomic E-state index is 12.2. The maximum Gasteiger partial charge on any atom is 0.320 e. The van der Waals surface area contributed by atoms with Gasteiger partial charge in [0.2, 0.25) is 0 Å². The van der Waals surface area contributed by atoms with E-state index < -0.39 is 0 Å². The number of nitrogens with one attached hydrogen (secondary N) is 4. The van der Waals surface area contributed by atoms with Gasteiger partial charge in [0, 0.05) is 31.5 Å². The highest BCUT2D eigenvalue weighted by molar-refractivity contribution is 5.89. The summed E-state index contributed by atoms with van der Waals surface area (Å²) in [5.41, 5.74) is 9.49. The number of carbonyl (C=O) groups is 1. The summed E-state index contributed by atoms with van der Waals surface area (Å²) in [5.74, 6) is 0.508. The number of ether oxygens (including phenoxy) is 1. The van der Waals surface area contributed by atoms with Crippen molar-refractivity contribution in [1.82, 2.24) is 15.7 Å². The monoisotopic (exact) mass is 355 g/mol. The number of hydrogen-bond donors (Lipinski definition) is 4. The van der Waals surface area contributed by atoms with Gasteiger partial charge in [0.1, 0.15) is 5.82 Å². The Kier molecular flexibility index (Phi) is 6.04. The molecule has 0 bridgehead atoms. The summed E-state index contributed by atoms with van der Waals surface area (Å²) in [6.07, 6.45) is 3.72. The smallest absolute Gasteiger partial charge is 0.320 e. The number of rotatable bonds is 7. The lowest BCUT2D eigenvalue weighted by atomic mass is 10.0. The fraction of sp³-hybridized carbons (Fsp3) is 0.368. The number of carbonyl (C=O) groups excluding carboxylic acids is 1. The highest BCUT2D eigenvalue weighted by atomic mass is 16.5. The second-order valence-electron chi connectivity index (χ2n) is 6.34. The number of amides is 2. The van der Waals surface area contributed by atoms with Crippen molar-refractivity contribution in [3.8, 4) is 0 Å². The molecule has 2 aromatic rings. The van der Waals surface area contributed by atoms with E-state index in [9.17, 15) is 4.79 Å². The van der Waals surface area contributed by atoms with Gasteiger partial charge in [-0.25, -0.2) is 15.2 Å². The largest absolute Gasteiger partial charge is 0.385 e. The Balaban J connectivity index is 1.57. The highest BCUT2D eigenvalue weighted by Crippen LogP contribution is 2.32. The van der Waals surface area contributed by atoms with Gasteiger partial charge in [0.05, 0.1) is 17.8 Å². The first-order chi connectivity index (χ1) is 12.7. The molecule has 0 radical (unpaired) electrons. The molecule has 0 saturated heterocycles. The first kappa shape index (κ1) is 18.2. The summed E-state index contributed by atoms with van der Waals surface area (Å²) in [5, 5.41) is 5.71. The molecule has 0 fully saturated rings. The van der Waals surface area contributed by atoms with E-state index in [1.54, 1.807) is 13.3 Å². The van der Waals surface area contributed by atoms with Crippen LogP contribution >= 0.6 is 0 Å². The van der Waals surface area contributed by atoms with Gasteiger partial charge in [-0.1, -0.05) is 30.3 Å². The molecular formula is C19H25N5O2. The van der Waals surface area contributed by atoms with Crippen LogP contribution in [0.4, 0.5) is 16.3 Å². The Hall–Kier alpha value is -2.64. The van der Waals surface area contributed by atoms with Crippen molar-refractivity contribution in [3.63, 3.8) is 0 Å². The number of hydrazine groups is 1. The summed E-state index contributed by atoms with van der Waals surface area (Å²) in [7, 11) is 1.71. The van der Waals surface area contributed by atoms with Gasteiger partial charge in [0.15, 0.2) is 0 Å². The van der Waals surface area contributed by atoms with Gasteiger partial charge in [-0.15, -0.1) is 0 Å². The molecule has 1 unspecified atom stereocenters. The van der Waals surface area contributed by atoms with Crippen LogP contribution in [-0.4, -0.2) is 24.7 Å². The molecule has 0 saturated carbocycles. The number of pyridine rings is 1. The molecule has 2 atom stereocenters. The number of methoxy groups -OCH3 is 1. The summed E-state index contributed by atoms with van der Waals surface area (Å²) in [4.78, 5) is 16.6. The lowest BCUT2D eigenvalue weighted by Crippen LogP contribution is -2.31. The standard InChI is InChI=1S/C19H25N5O2/c1-13(14-7-4-3-5-8-14)21-19(25)22-18-11-17-15(12-20-18)16(23-24-17)9-6-10-26-2/h3-5,7-8,11-13,16,23-24H,6,9-10H2,1-2H3,(H2,20,21,22,25)/t13-,16?/m1/s1. The molecule has 2 heterocycles. The third kappa shape index (κ3) is 4.50. The van der Waals surface area contributed by atoms with Crippen LogP contribution in [0, 0.1) is 0 Å². The second kappa shape index (κ2) is 8.64. The van der Waals surface area contributed by atoms with Crippen molar-refractivity contribution in [2.75, 3.05) is 24.5 Å². The first-order valence-electron chi connectivity index (χ1n) is 8.80. The van der Waals surface area contributed by atoms with Gasteiger partial charge in [-0.05, 0) is 25.3 Å². The lowest BCUT2D eigenvalue weighted by molar-refractivity contribution is 0.189. The summed E-state index contributed by atoms with van der Waals surface area (Å²) in [6, 6.07) is 11.5. The van der Waals surface area contributed by atoms with Crippen LogP contribution in [0.25, 0.3) is 0 Å². The normalized spacial score (nSPS) is 16.5. The van der Waals surface area contributed by atoms with Gasteiger partial charge in [-0.3, -0.25) is 5.32 Å². The van der Waals surface area contributed by atoms with E-state index in [1.807, 2.05) is 43.3 Å². The van der Waals surface area contributed by atoms with Gasteiger partial charge in [-0.2, -0.15) is 0 Å². The molecular weight excluding hydrogens is 330 g/mol. The third-order valence-electron chi connectivity index (χ3n) is 4.42.